The SMILES string of the molecule is Nc1nc(=O)n([C@@H]2O[C@H](COP(=O)(O)O)C(OP(=O)(O)O)C2O)cc1CCCNC(=O)c1ccc(N=Nc2cc(CCNC(=O)CCOCCOCCOCCOCCNC(=O)CCCC[C@@H]3SC[C@@H]4NC(=O)N[C@@H]43)ccc2O)cc1. The number of thioether (sulfide) groups is 1. The fourth-order valence-corrected chi connectivity index (χ4v) is 11.1. The number of hydrogen-bond acceptors (Lipinski definition) is 21. The number of rotatable bonds is 36. The Morgan fingerprint density at radius 2 is 1.48 bits per heavy atom. The lowest BCUT2D eigenvalue weighted by Crippen LogP contribution is -2.38. The van der Waals surface area contributed by atoms with Gasteiger partial charge in [-0.3, -0.25) is 28.0 Å². The minimum atomic E-state index is -5.28. The first-order valence-electron chi connectivity index (χ1n) is 26.0. The van der Waals surface area contributed by atoms with Crippen molar-refractivity contribution in [3.05, 3.63) is 75.8 Å². The summed E-state index contributed by atoms with van der Waals surface area (Å²) in [6, 6.07) is 11.3. The first kappa shape index (κ1) is 64.7. The van der Waals surface area contributed by atoms with Crippen molar-refractivity contribution in [2.75, 3.05) is 90.6 Å². The summed E-state index contributed by atoms with van der Waals surface area (Å²) < 4.78 is 60.1. The first-order chi connectivity index (χ1) is 38.7. The summed E-state index contributed by atoms with van der Waals surface area (Å²) in [5.74, 6) is 0.00279. The van der Waals surface area contributed by atoms with E-state index in [4.69, 9.17) is 39.2 Å². The summed E-state index contributed by atoms with van der Waals surface area (Å²) in [5.41, 5.74) is 6.85. The molecule has 3 aliphatic heterocycles. The molecule has 1 aromatic heterocycles. The Bertz CT molecular complexity index is 2740. The lowest BCUT2D eigenvalue weighted by molar-refractivity contribution is -0.122. The number of fused-ring (bicyclic) bond motifs is 1. The van der Waals surface area contributed by atoms with Crippen LogP contribution in [0, 0.1) is 0 Å². The quantitative estimate of drug-likeness (QED) is 0.0168. The Morgan fingerprint density at radius 3 is 2.19 bits per heavy atom. The van der Waals surface area contributed by atoms with Gasteiger partial charge in [-0.2, -0.15) is 21.9 Å². The number of urea groups is 1. The van der Waals surface area contributed by atoms with E-state index >= 15 is 0 Å². The molecule has 13 N–H and O–H groups in total. The Balaban J connectivity index is 0.774. The number of carbonyl (C=O) groups is 4. The van der Waals surface area contributed by atoms with Gasteiger partial charge >= 0.3 is 27.4 Å². The van der Waals surface area contributed by atoms with Crippen LogP contribution in [0.1, 0.15) is 66.2 Å². The van der Waals surface area contributed by atoms with Gasteiger partial charge in [0.05, 0.1) is 77.2 Å². The maximum Gasteiger partial charge on any atom is 0.470 e. The predicted molar refractivity (Wildman–Crippen MR) is 289 cm³/mol. The van der Waals surface area contributed by atoms with Crippen LogP contribution < -0.4 is 38.0 Å². The van der Waals surface area contributed by atoms with Crippen molar-refractivity contribution in [1.29, 1.82) is 0 Å². The zero-order valence-corrected chi connectivity index (χ0v) is 46.7. The van der Waals surface area contributed by atoms with Crippen molar-refractivity contribution in [2.45, 2.75) is 93.2 Å². The number of azo groups is 1. The van der Waals surface area contributed by atoms with E-state index in [1.165, 1.54) is 24.4 Å². The average molecular weight is 1200 g/mol. The molecule has 4 heterocycles. The van der Waals surface area contributed by atoms with E-state index in [9.17, 15) is 53.1 Å². The Hall–Kier alpha value is -5.47. The molecular formula is C48H70N10O20P2S. The minimum Gasteiger partial charge on any atom is -0.506 e. The van der Waals surface area contributed by atoms with Gasteiger partial charge in [0.15, 0.2) is 6.23 Å². The molecule has 2 unspecified atom stereocenters. The van der Waals surface area contributed by atoms with E-state index in [1.807, 2.05) is 11.8 Å². The van der Waals surface area contributed by atoms with E-state index in [1.54, 1.807) is 24.3 Å². The molecule has 0 spiro atoms. The number of ether oxygens (including phenoxy) is 5. The van der Waals surface area contributed by atoms with Gasteiger partial charge in [-0.15, -0.1) is 5.11 Å². The number of benzene rings is 2. The number of aliphatic hydroxyl groups excluding tert-OH is 1. The molecule has 30 nitrogen and oxygen atoms in total. The third-order valence-corrected chi connectivity index (χ3v) is 15.1. The zero-order valence-electron chi connectivity index (χ0n) is 44.1. The highest BCUT2D eigenvalue weighted by Gasteiger charge is 2.49. The number of aryl methyl sites for hydroxylation is 1. The number of nitrogens with two attached hydrogens (primary N) is 1. The van der Waals surface area contributed by atoms with E-state index in [-0.39, 0.29) is 85.2 Å². The second-order valence-electron chi connectivity index (χ2n) is 18.7. The number of aliphatic hydroxyl groups is 1. The van der Waals surface area contributed by atoms with Crippen molar-refractivity contribution < 1.29 is 90.8 Å². The molecule has 81 heavy (non-hydrogen) atoms. The number of aromatic hydroxyl groups is 1. The van der Waals surface area contributed by atoms with Crippen LogP contribution in [0.25, 0.3) is 0 Å². The molecule has 5 amide bonds. The summed E-state index contributed by atoms with van der Waals surface area (Å²) >= 11 is 1.87. The topological polar surface area (TPSA) is 434 Å². The highest BCUT2D eigenvalue weighted by Crippen LogP contribution is 2.45. The minimum absolute atomic E-state index is 0.00104. The van der Waals surface area contributed by atoms with Crippen LogP contribution in [0.15, 0.2) is 63.7 Å². The van der Waals surface area contributed by atoms with Gasteiger partial charge in [0.1, 0.15) is 35.6 Å². The van der Waals surface area contributed by atoms with Gasteiger partial charge in [0.2, 0.25) is 11.8 Å². The molecule has 3 aliphatic rings. The van der Waals surface area contributed by atoms with Crippen LogP contribution in [-0.2, 0) is 64.3 Å². The first-order valence-corrected chi connectivity index (χ1v) is 30.1. The second kappa shape index (κ2) is 32.4. The molecule has 0 aliphatic carbocycles. The van der Waals surface area contributed by atoms with Gasteiger partial charge in [0.25, 0.3) is 5.91 Å². The van der Waals surface area contributed by atoms with Crippen LogP contribution >= 0.6 is 27.4 Å². The third kappa shape index (κ3) is 22.3. The van der Waals surface area contributed by atoms with Gasteiger partial charge in [-0.25, -0.2) is 18.7 Å². The smallest absolute Gasteiger partial charge is 0.470 e. The van der Waals surface area contributed by atoms with Crippen LogP contribution in [0.3, 0.4) is 0 Å². The van der Waals surface area contributed by atoms with Crippen LogP contribution in [0.4, 0.5) is 22.0 Å². The number of carbonyl (C=O) groups excluding carboxylic acids is 4. The molecule has 3 fully saturated rings. The highest BCUT2D eigenvalue weighted by molar-refractivity contribution is 8.00. The molecular weight excluding hydrogens is 1130 g/mol. The van der Waals surface area contributed by atoms with Crippen LogP contribution in [0.5, 0.6) is 5.75 Å². The molecule has 0 saturated carbocycles. The Labute approximate surface area is 469 Å². The number of phosphoric acid groups is 2. The lowest BCUT2D eigenvalue weighted by atomic mass is 10.0. The van der Waals surface area contributed by atoms with E-state index in [2.05, 4.69) is 50.8 Å². The zero-order chi connectivity index (χ0) is 58.4. The largest absolute Gasteiger partial charge is 0.506 e. The molecule has 2 aromatic carbocycles. The number of phenols is 1. The van der Waals surface area contributed by atoms with E-state index in [0.717, 1.165) is 35.1 Å². The highest BCUT2D eigenvalue weighted by atomic mass is 32.2. The number of phosphoric ester groups is 2. The van der Waals surface area contributed by atoms with Crippen LogP contribution in [0.2, 0.25) is 0 Å². The molecule has 7 atom stereocenters. The number of amides is 5. The average Bonchev–Trinajstić information content (AvgIpc) is 4.16. The summed E-state index contributed by atoms with van der Waals surface area (Å²) in [5, 5.41) is 44.4. The third-order valence-electron chi connectivity index (χ3n) is 12.6. The number of hydrogen-bond donors (Lipinski definition) is 12. The van der Waals surface area contributed by atoms with E-state index in [0.29, 0.717) is 88.7 Å². The van der Waals surface area contributed by atoms with Gasteiger partial charge in [-0.1, -0.05) is 12.5 Å². The number of unbranched alkanes of at least 4 members (excludes halogenated alkanes) is 1. The maximum absolute atomic E-state index is 12.9. The number of aromatic nitrogens is 2. The lowest BCUT2D eigenvalue weighted by Gasteiger charge is -2.21. The van der Waals surface area contributed by atoms with Gasteiger partial charge < -0.3 is 85.8 Å². The number of phenolic OH excluding ortho intramolecular Hbond substituents is 1. The molecule has 3 aromatic rings. The summed E-state index contributed by atoms with van der Waals surface area (Å²) in [6.07, 6.45) is -1.78. The fraction of sp³-hybridized carbons (Fsp3) is 0.583. The maximum atomic E-state index is 12.9. The molecule has 0 bridgehead atoms. The van der Waals surface area contributed by atoms with Crippen molar-refractivity contribution in [2.24, 2.45) is 10.2 Å². The summed E-state index contributed by atoms with van der Waals surface area (Å²) in [7, 11) is -10.4. The van der Waals surface area contributed by atoms with Gasteiger partial charge in [0, 0.05) is 60.8 Å². The molecule has 0 radical (unpaired) electrons. The predicted octanol–water partition coefficient (Wildman–Crippen LogP) is 1.11. The van der Waals surface area contributed by atoms with Crippen molar-refractivity contribution in [3.63, 3.8) is 0 Å². The molecule has 33 heteroatoms. The van der Waals surface area contributed by atoms with Crippen LogP contribution in [-0.4, -0.2) is 184 Å². The number of nitrogens with zero attached hydrogens (tertiary/aromatic N) is 4. The van der Waals surface area contributed by atoms with Crippen molar-refractivity contribution in [1.82, 2.24) is 36.1 Å². The van der Waals surface area contributed by atoms with Crippen molar-refractivity contribution in [3.8, 4) is 5.75 Å². The monoisotopic (exact) mass is 1200 g/mol. The normalized spacial score (nSPS) is 20.8. The number of nitrogen functional groups attached to an aromatic ring is 1. The number of anilines is 1. The van der Waals surface area contributed by atoms with Gasteiger partial charge in [-0.05, 0) is 74.1 Å². The Morgan fingerprint density at radius 1 is 0.802 bits per heavy atom. The molecule has 3 saturated heterocycles. The van der Waals surface area contributed by atoms with Crippen molar-refractivity contribution >= 4 is 68.4 Å². The van der Waals surface area contributed by atoms with E-state index < -0.39 is 58.4 Å². The summed E-state index contributed by atoms with van der Waals surface area (Å²) in [6.45, 7) is 2.68. The Kier molecular flexibility index (Phi) is 25.9. The second-order valence-corrected chi connectivity index (χ2v) is 22.4. The summed E-state index contributed by atoms with van der Waals surface area (Å²) in [4.78, 5) is 102. The fourth-order valence-electron chi connectivity index (χ4n) is 8.60. The molecule has 448 valence electrons. The molecule has 6 rings (SSSR count). The number of nitrogens with one attached hydrogen (secondary N) is 5. The standard InChI is InChI=1S/C48H70N10O20P2S/c49-44-32(27-58(48(65)55-44)46-42(62)43(78-80(69,70)71)37(77-46)28-76-79(66,67)68)4-3-15-52-45(63)31-8-10-33(11-9-31)56-57-34-26-30(7-12-36(34)59)13-16-50-40(61)14-18-72-20-22-74-24-25-75-23-21-73-19-17-51-39(60)6-2-1-5-38-41-35(29-81-38)53-47(64)54-41/h7-12,26-27,35,37-38,41-43,46,59,62H,1-6,13-25,28-29H2,(H,50,61)(H,51,60)(H,52,63)(H2,49,55,65)(H2,53,54,64)(H2,66,67,68)(H2,69,70,71)/t35-,37+,38-,41-,42?,43?,46+/m0/s1.